The largest absolute Gasteiger partial charge is 0.497 e. The second-order valence-electron chi connectivity index (χ2n) is 27.4. The number of benzene rings is 13. The molecule has 0 saturated carbocycles. The Labute approximate surface area is 806 Å². The molecule has 0 saturated heterocycles. The molecule has 0 bridgehead atoms. The Hall–Kier alpha value is -11.5. The Balaban J connectivity index is 0.000000144. The van der Waals surface area contributed by atoms with Gasteiger partial charge < -0.3 is 42.8 Å². The van der Waals surface area contributed by atoms with Crippen LogP contribution in [0.3, 0.4) is 0 Å². The predicted octanol–water partition coefficient (Wildman–Crippen LogP) is 27.7. The maximum absolute atomic E-state index is 10.9. The fourth-order valence-corrected chi connectivity index (χ4v) is 15.6. The number of fused-ring (bicyclic) bond motifs is 6. The van der Waals surface area contributed by atoms with Crippen LogP contribution in [0.5, 0.6) is 17.2 Å². The van der Waals surface area contributed by atoms with E-state index >= 15 is 0 Å². The summed E-state index contributed by atoms with van der Waals surface area (Å²) in [7, 11) is 2.54. The summed E-state index contributed by atoms with van der Waals surface area (Å²) in [6.07, 6.45) is 12.9. The number of H-pyrrole nitrogens is 2. The molecule has 0 spiro atoms. The van der Waals surface area contributed by atoms with Crippen LogP contribution >= 0.6 is 111 Å². The van der Waals surface area contributed by atoms with Gasteiger partial charge in [-0.25, -0.2) is 14.3 Å². The Morgan fingerprint density at radius 3 is 1.43 bits per heavy atom. The van der Waals surface area contributed by atoms with E-state index in [1.54, 1.807) is 74.9 Å². The molecule has 0 radical (unpaired) electrons. The fraction of sp³-hybridized carbons (Fsp3) is 0.0891. The number of ether oxygens (including phenoxy) is 3. The third-order valence-electron chi connectivity index (χ3n) is 18.8. The van der Waals surface area contributed by atoms with E-state index in [1.807, 2.05) is 220 Å². The molecule has 19 rings (SSSR count). The number of aromatic amines is 2. The highest BCUT2D eigenvalue weighted by Gasteiger charge is 2.17. The van der Waals surface area contributed by atoms with Gasteiger partial charge >= 0.3 is 15.7 Å². The summed E-state index contributed by atoms with van der Waals surface area (Å²) in [5.41, 5.74) is 15.7. The molecule has 0 amide bonds. The molecule has 20 nitrogen and oxygen atoms in total. The van der Waals surface area contributed by atoms with E-state index in [-0.39, 0.29) is 10.6 Å². The summed E-state index contributed by atoms with van der Waals surface area (Å²) in [6.45, 7) is 7.71. The van der Waals surface area contributed by atoms with Gasteiger partial charge in [-0.15, -0.1) is 0 Å². The van der Waals surface area contributed by atoms with Gasteiger partial charge in [0.1, 0.15) is 23.1 Å². The molecule has 19 aromatic rings. The number of methoxy groups -OCH3 is 3. The molecule has 4 N–H and O–H groups in total. The standard InChI is InChI=1S/C22H18N2O.C17H11BrN2.C12H11BO2.C12H8BrNO2.C12H8BrN.C10H9BrN2O.C7H7IO.C6H15O3P.C3H3BrN2/c1-25-22-9-5-8-21(14-22)24-16-20(15-23-24)19-12-10-18(11-13-19)17-6-3-2-4-7-17;18-12-8-9-14-13-5-1-2-6-15(13)20(16(14)11-12)17-7-3-4-10-19-17;14-13(15)12-8-6-11(7-9-12)10-4-2-1-3-5-10;13-10-7-5-9(6-8-10)11-3-1-2-4-12(11)14(15)16;13-8-5-6-10-9-3-1-2-4-11(9)14-12(10)7-8;1-14-10-4-2-3-9(5-10)13-7-8(11)6-12-13;1-9-7-4-2-3-6(8)5-7;1-4-7-10(8-5-2)9-6-3;4-3-1-5-6-2-3/h2-16H,1H3;1-11H;1-9,14-15H;1-8H;1-7,14H;2-7H,1H3;2-5H,1H3;4-6H2,1-3H3;1-2H,(H,5,6). The molecule has 0 fully saturated rings. The maximum Gasteiger partial charge on any atom is 0.488 e. The molecule has 654 valence electrons. The van der Waals surface area contributed by atoms with Crippen molar-refractivity contribution >= 4 is 173 Å². The average molecular weight is 2170 g/mol. The molecular formula is C101H90BBr5IN10O10P. The lowest BCUT2D eigenvalue weighted by Gasteiger charge is -2.12. The quantitative estimate of drug-likeness (QED) is 0.0206. The zero-order valence-corrected chi connectivity index (χ0v) is 81.9. The van der Waals surface area contributed by atoms with Gasteiger partial charge in [0.25, 0.3) is 5.69 Å². The van der Waals surface area contributed by atoms with E-state index in [0.29, 0.717) is 30.8 Å². The molecule has 28 heteroatoms. The Morgan fingerprint density at radius 1 is 0.426 bits per heavy atom. The van der Waals surface area contributed by atoms with E-state index < -0.39 is 15.7 Å². The number of rotatable bonds is 18. The summed E-state index contributed by atoms with van der Waals surface area (Å²) in [5, 5.41) is 48.7. The molecule has 0 unspecified atom stereocenters. The second-order valence-corrected chi connectivity index (χ2v) is 34.4. The molecule has 0 aliphatic heterocycles. The van der Waals surface area contributed by atoms with Crippen LogP contribution in [-0.4, -0.2) is 108 Å². The van der Waals surface area contributed by atoms with Crippen molar-refractivity contribution in [1.29, 1.82) is 0 Å². The Morgan fingerprint density at radius 2 is 0.907 bits per heavy atom. The molecular weight excluding hydrogens is 2080 g/mol. The minimum atomic E-state index is -1.39. The summed E-state index contributed by atoms with van der Waals surface area (Å²) in [4.78, 5) is 18.4. The summed E-state index contributed by atoms with van der Waals surface area (Å²) in [6, 6.07) is 109. The van der Waals surface area contributed by atoms with Crippen LogP contribution in [0.15, 0.2) is 399 Å². The topological polar surface area (TPSA) is 237 Å². The number of para-hydroxylation sites is 3. The lowest BCUT2D eigenvalue weighted by Crippen LogP contribution is -2.29. The van der Waals surface area contributed by atoms with Crippen LogP contribution in [0.25, 0.3) is 105 Å². The van der Waals surface area contributed by atoms with E-state index in [0.717, 1.165) is 84.6 Å². The second kappa shape index (κ2) is 51.6. The number of nitrogens with zero attached hydrogens (tertiary/aromatic N) is 8. The molecule has 6 heterocycles. The van der Waals surface area contributed by atoms with Gasteiger partial charge in [-0.1, -0.05) is 254 Å². The molecule has 13 aromatic carbocycles. The summed E-state index contributed by atoms with van der Waals surface area (Å²) in [5.74, 6) is 3.51. The molecule has 6 aromatic heterocycles. The molecule has 129 heavy (non-hydrogen) atoms. The van der Waals surface area contributed by atoms with Crippen molar-refractivity contribution in [3.63, 3.8) is 0 Å². The first kappa shape index (κ1) is 98.1. The van der Waals surface area contributed by atoms with Crippen LogP contribution in [0.2, 0.25) is 0 Å². The molecule has 0 aliphatic rings. The number of nitrogens with one attached hydrogen (secondary N) is 2. The van der Waals surface area contributed by atoms with Crippen molar-refractivity contribution in [2.45, 2.75) is 20.8 Å². The third kappa shape index (κ3) is 29.5. The van der Waals surface area contributed by atoms with Crippen LogP contribution in [0.4, 0.5) is 5.69 Å². The lowest BCUT2D eigenvalue weighted by atomic mass is 9.80. The number of nitro benzene ring substituents is 1. The number of hydrogen-bond donors (Lipinski definition) is 4. The number of aromatic nitrogens is 9. The third-order valence-corrected chi connectivity index (χ3v) is 23.3. The van der Waals surface area contributed by atoms with Crippen molar-refractivity contribution in [2.24, 2.45) is 0 Å². The molecule has 0 aliphatic carbocycles. The highest BCUT2D eigenvalue weighted by atomic mass is 127. The average Bonchev–Trinajstić information content (AvgIpc) is 1.60. The smallest absolute Gasteiger partial charge is 0.488 e. The zero-order chi connectivity index (χ0) is 91.2. The summed E-state index contributed by atoms with van der Waals surface area (Å²) < 4.78 is 43.0. The SMILES string of the molecule is Brc1ccc2c(c1)[nH]c1ccccc12.Brc1ccc2c3ccccc3n(-c3ccccn3)c2c1.Brc1cn[nH]c1.CCOP(OCC)OCC.COc1cccc(-n2cc(-c3ccc(-c4ccccc4)cc3)cn2)c1.COc1cccc(-n2cc(Br)cn2)c1.COc1cccc(I)c1.O=[N+]([O-])c1ccccc1-c1ccc(Br)cc1.OB(O)c1ccc(-c2ccccc2)cc1. The van der Waals surface area contributed by atoms with Gasteiger partial charge in [0.05, 0.1) is 102 Å². The lowest BCUT2D eigenvalue weighted by molar-refractivity contribution is -0.384. The summed E-state index contributed by atoms with van der Waals surface area (Å²) >= 11 is 19.2. The highest BCUT2D eigenvalue weighted by molar-refractivity contribution is 14.1. The number of hydrogen-bond acceptors (Lipinski definition) is 14. The first-order valence-corrected chi connectivity index (χ1v) is 46.6. The minimum absolute atomic E-state index is 0.129. The van der Waals surface area contributed by atoms with Gasteiger partial charge in [-0.3, -0.25) is 19.8 Å². The normalized spacial score (nSPS) is 10.4. The Bertz CT molecular complexity index is 6620. The monoisotopic (exact) mass is 2170 g/mol. The van der Waals surface area contributed by atoms with Gasteiger partial charge in [0.2, 0.25) is 0 Å². The van der Waals surface area contributed by atoms with Crippen LogP contribution < -0.4 is 19.7 Å². The van der Waals surface area contributed by atoms with Crippen molar-refractivity contribution in [2.75, 3.05) is 41.2 Å². The Kier molecular flexibility index (Phi) is 39.2. The van der Waals surface area contributed by atoms with Crippen molar-refractivity contribution in [3.8, 4) is 78.9 Å². The number of pyridine rings is 1. The number of halogens is 6. The van der Waals surface area contributed by atoms with Crippen LogP contribution in [0, 0.1) is 13.7 Å². The van der Waals surface area contributed by atoms with E-state index in [9.17, 15) is 10.1 Å². The minimum Gasteiger partial charge on any atom is -0.497 e. The van der Waals surface area contributed by atoms with Crippen LogP contribution in [-0.2, 0) is 13.6 Å². The maximum atomic E-state index is 10.9. The highest BCUT2D eigenvalue weighted by Crippen LogP contribution is 2.39. The van der Waals surface area contributed by atoms with Gasteiger partial charge in [-0.05, 0) is 223 Å². The van der Waals surface area contributed by atoms with E-state index in [4.69, 9.17) is 37.8 Å². The fourth-order valence-electron chi connectivity index (χ4n) is 12.8. The predicted molar refractivity (Wildman–Crippen MR) is 550 cm³/mol. The van der Waals surface area contributed by atoms with Crippen molar-refractivity contribution in [3.05, 3.63) is 413 Å². The first-order chi connectivity index (χ1) is 62.8. The van der Waals surface area contributed by atoms with Crippen molar-refractivity contribution < 1.29 is 42.8 Å². The van der Waals surface area contributed by atoms with Crippen LogP contribution in [0.1, 0.15) is 20.8 Å². The first-order valence-electron chi connectivity index (χ1n) is 40.4. The van der Waals surface area contributed by atoms with Gasteiger partial charge in [0, 0.05) is 98.1 Å². The van der Waals surface area contributed by atoms with E-state index in [2.05, 4.69) is 265 Å². The zero-order valence-electron chi connectivity index (χ0n) is 70.9. The number of nitro groups is 1. The van der Waals surface area contributed by atoms with E-state index in [1.165, 1.54) is 64.4 Å². The van der Waals surface area contributed by atoms with Gasteiger partial charge in [0.15, 0.2) is 0 Å². The van der Waals surface area contributed by atoms with Gasteiger partial charge in [-0.2, -0.15) is 15.3 Å². The van der Waals surface area contributed by atoms with Crippen molar-refractivity contribution in [1.82, 2.24) is 44.3 Å². The molecule has 0 atom stereocenters.